The third kappa shape index (κ3) is 9.91. The number of nitrogens with one attached hydrogen (secondary N) is 4. The zero-order chi connectivity index (χ0) is 47.3. The number of hydrogen-bond acceptors (Lipinski definition) is 6. The van der Waals surface area contributed by atoms with Crippen LogP contribution in [0.1, 0.15) is 48.9 Å². The van der Waals surface area contributed by atoms with Crippen LogP contribution in [0.15, 0.2) is 132 Å². The highest BCUT2D eigenvalue weighted by Gasteiger charge is 2.41. The molecule has 0 fully saturated rings. The van der Waals surface area contributed by atoms with Gasteiger partial charge < -0.3 is 30.9 Å². The number of allylic oxidation sites excluding steroid dienone is 5. The second-order valence-electron chi connectivity index (χ2n) is 18.6. The summed E-state index contributed by atoms with van der Waals surface area (Å²) in [5.41, 5.74) is 12.9. The van der Waals surface area contributed by atoms with E-state index < -0.39 is 8.07 Å². The van der Waals surface area contributed by atoms with E-state index in [1.807, 2.05) is 0 Å². The van der Waals surface area contributed by atoms with Gasteiger partial charge in [0, 0.05) is 74.8 Å². The number of amides is 2. The first kappa shape index (κ1) is 47.6. The van der Waals surface area contributed by atoms with Crippen LogP contribution in [-0.4, -0.2) is 91.7 Å². The first-order valence-corrected chi connectivity index (χ1v) is 26.1. The van der Waals surface area contributed by atoms with Gasteiger partial charge >= 0.3 is 0 Å². The topological polar surface area (TPSA) is 97.7 Å². The summed E-state index contributed by atoms with van der Waals surface area (Å²) >= 11 is 0. The van der Waals surface area contributed by atoms with Gasteiger partial charge in [-0.25, -0.2) is 4.58 Å². The zero-order valence-electron chi connectivity index (χ0n) is 40.4. The summed E-state index contributed by atoms with van der Waals surface area (Å²) in [5, 5.41) is 21.0. The van der Waals surface area contributed by atoms with Gasteiger partial charge in [-0.3, -0.25) is 9.59 Å². The van der Waals surface area contributed by atoms with E-state index in [1.165, 1.54) is 71.2 Å². The van der Waals surface area contributed by atoms with Crippen molar-refractivity contribution in [2.45, 2.75) is 52.9 Å². The van der Waals surface area contributed by atoms with Gasteiger partial charge in [-0.15, -0.1) is 0 Å². The number of nitrogens with zero attached hydrogens (tertiary/aromatic N) is 2. The lowest BCUT2D eigenvalue weighted by Crippen LogP contribution is -2.49. The average molecular weight is 900 g/mol. The van der Waals surface area contributed by atoms with Gasteiger partial charge in [0.1, 0.15) is 27.9 Å². The molecule has 10 heteroatoms. The molecule has 342 valence electrons. The molecule has 0 atom stereocenters. The predicted octanol–water partition coefficient (Wildman–Crippen LogP) is 8.56. The van der Waals surface area contributed by atoms with Crippen LogP contribution < -0.4 is 36.1 Å². The van der Waals surface area contributed by atoms with Gasteiger partial charge in [-0.1, -0.05) is 74.8 Å². The van der Waals surface area contributed by atoms with Gasteiger partial charge in [0.05, 0.1) is 7.11 Å². The molecule has 1 aliphatic heterocycles. The molecule has 7 rings (SSSR count). The molecule has 9 nitrogen and oxygen atoms in total. The van der Waals surface area contributed by atoms with Crippen molar-refractivity contribution in [1.29, 1.82) is 0 Å². The standard InChI is InChI=1S/C56H66N6O3Si/c1-36(2)55(63)59-28-14-26-57-34-49-42-16-12-13-17-43(42)50(35-58-27-15-29-60-56(64)37(3)4)47-30-38(18-22-44(47)49)39-19-25-51(65-9)48(31-39)54-45-23-20-40(61(5)6)32-52(45)66(10,11)53-33-41(62(7)8)21-24-46(53)54/h12-13,16-25,30-33,57-58H,1,3,14-15,26-29,34-35H2,2,4-11H3,(H-,59,60,63,64)/p+1. The fraction of sp³-hybridized carbons (Fsp3) is 0.304. The highest BCUT2D eigenvalue weighted by atomic mass is 28.3. The van der Waals surface area contributed by atoms with Crippen molar-refractivity contribution in [3.05, 3.63) is 154 Å². The lowest BCUT2D eigenvalue weighted by atomic mass is 9.86. The molecule has 5 aromatic rings. The number of carbonyl (C=O) groups is 2. The third-order valence-corrected chi connectivity index (χ3v) is 16.5. The Morgan fingerprint density at radius 3 is 1.85 bits per heavy atom. The predicted molar refractivity (Wildman–Crippen MR) is 280 cm³/mol. The van der Waals surface area contributed by atoms with Crippen molar-refractivity contribution in [3.8, 4) is 16.9 Å². The van der Waals surface area contributed by atoms with Crippen LogP contribution in [0.2, 0.25) is 13.1 Å². The summed E-state index contributed by atoms with van der Waals surface area (Å²) in [6, 6.07) is 29.2. The van der Waals surface area contributed by atoms with Crippen LogP contribution in [0, 0.1) is 0 Å². The molecule has 2 amide bonds. The molecule has 2 aliphatic rings. The molecule has 66 heavy (non-hydrogen) atoms. The molecule has 0 spiro atoms. The highest BCUT2D eigenvalue weighted by molar-refractivity contribution is 6.98. The largest absolute Gasteiger partial charge is 0.496 e. The van der Waals surface area contributed by atoms with Crippen molar-refractivity contribution in [3.63, 3.8) is 0 Å². The van der Waals surface area contributed by atoms with Crippen molar-refractivity contribution >= 4 is 63.6 Å². The first-order valence-electron chi connectivity index (χ1n) is 23.1. The molecule has 0 saturated carbocycles. The van der Waals surface area contributed by atoms with E-state index in [9.17, 15) is 9.59 Å². The summed E-state index contributed by atoms with van der Waals surface area (Å²) in [7, 11) is 8.08. The lowest BCUT2D eigenvalue weighted by Gasteiger charge is -2.38. The Morgan fingerprint density at radius 2 is 1.27 bits per heavy atom. The molecule has 0 aromatic heterocycles. The molecule has 4 N–H and O–H groups in total. The Labute approximate surface area is 392 Å². The van der Waals surface area contributed by atoms with Crippen molar-refractivity contribution < 1.29 is 18.9 Å². The minimum absolute atomic E-state index is 0.109. The van der Waals surface area contributed by atoms with E-state index in [4.69, 9.17) is 4.74 Å². The van der Waals surface area contributed by atoms with Crippen LogP contribution in [0.25, 0.3) is 38.2 Å². The fourth-order valence-electron chi connectivity index (χ4n) is 9.23. The molecule has 0 unspecified atom stereocenters. The van der Waals surface area contributed by atoms with Crippen molar-refractivity contribution in [2.24, 2.45) is 0 Å². The number of ether oxygens (including phenoxy) is 1. The summed E-state index contributed by atoms with van der Waals surface area (Å²) < 4.78 is 8.43. The number of rotatable bonds is 18. The van der Waals surface area contributed by atoms with Gasteiger partial charge in [0.15, 0.2) is 5.71 Å². The summed E-state index contributed by atoms with van der Waals surface area (Å²) in [6.07, 6.45) is 8.58. The van der Waals surface area contributed by atoms with E-state index in [-0.39, 0.29) is 11.8 Å². The SMILES string of the molecule is C=C(C)C(=O)NCCCNCc1c2ccccc2c(CNCCCNC(=O)C(=C)C)c2cc(-c3ccc(OC)c(C4=C5C=CC(=[N+](C)C)C=C5[Si](C)(C)c5cc(N(C)C)ccc54)c3)ccc12. The number of methoxy groups -OCH3 is 1. The maximum Gasteiger partial charge on any atom is 0.246 e. The van der Waals surface area contributed by atoms with E-state index in [0.717, 1.165) is 48.4 Å². The first-order chi connectivity index (χ1) is 31.6. The molecule has 0 saturated heterocycles. The molecule has 0 radical (unpaired) electrons. The van der Waals surface area contributed by atoms with Gasteiger partial charge in [-0.2, -0.15) is 0 Å². The number of anilines is 1. The van der Waals surface area contributed by atoms with Gasteiger partial charge in [0.2, 0.25) is 11.8 Å². The summed E-state index contributed by atoms with van der Waals surface area (Å²) in [5.74, 6) is 0.617. The van der Waals surface area contributed by atoms with Crippen LogP contribution in [0.4, 0.5) is 5.69 Å². The number of benzene rings is 5. The van der Waals surface area contributed by atoms with E-state index in [1.54, 1.807) is 21.0 Å². The smallest absolute Gasteiger partial charge is 0.246 e. The minimum Gasteiger partial charge on any atom is -0.496 e. The Kier molecular flexibility index (Phi) is 14.8. The maximum absolute atomic E-state index is 12.1. The number of carbonyl (C=O) groups excluding carboxylic acids is 2. The normalized spacial score (nSPS) is 13.8. The summed E-state index contributed by atoms with van der Waals surface area (Å²) in [6.45, 7) is 19.9. The Balaban J connectivity index is 1.33. The van der Waals surface area contributed by atoms with Crippen LogP contribution >= 0.6 is 0 Å². The second-order valence-corrected chi connectivity index (χ2v) is 22.9. The highest BCUT2D eigenvalue weighted by Crippen LogP contribution is 2.45. The molecule has 0 bridgehead atoms. The Hall–Kier alpha value is -6.33. The van der Waals surface area contributed by atoms with Crippen molar-refractivity contribution in [2.75, 3.05) is 66.4 Å². The molecule has 5 aromatic carbocycles. The quantitative estimate of drug-likeness (QED) is 0.0232. The lowest BCUT2D eigenvalue weighted by molar-refractivity contribution is -0.462. The summed E-state index contributed by atoms with van der Waals surface area (Å²) in [4.78, 5) is 26.4. The number of fused-ring (bicyclic) bond motifs is 4. The van der Waals surface area contributed by atoms with Gasteiger partial charge in [0.25, 0.3) is 0 Å². The van der Waals surface area contributed by atoms with Gasteiger partial charge in [-0.05, 0) is 147 Å². The zero-order valence-corrected chi connectivity index (χ0v) is 41.4. The Morgan fingerprint density at radius 1 is 0.697 bits per heavy atom. The average Bonchev–Trinajstić information content (AvgIpc) is 3.30. The number of hydrogen-bond donors (Lipinski definition) is 4. The van der Waals surface area contributed by atoms with E-state index in [0.29, 0.717) is 37.3 Å². The van der Waals surface area contributed by atoms with Crippen LogP contribution in [-0.2, 0) is 22.7 Å². The van der Waals surface area contributed by atoms with E-state index in [2.05, 4.69) is 182 Å². The monoisotopic (exact) mass is 900 g/mol. The van der Waals surface area contributed by atoms with Crippen LogP contribution in [0.5, 0.6) is 5.75 Å². The third-order valence-electron chi connectivity index (χ3n) is 13.0. The molecule has 1 heterocycles. The molecular weight excluding hydrogens is 833 g/mol. The molecular formula is C56H67N6O3Si+. The fourth-order valence-corrected chi connectivity index (χ4v) is 12.3. The molecule has 1 aliphatic carbocycles. The minimum atomic E-state index is -2.15. The van der Waals surface area contributed by atoms with E-state index >= 15 is 0 Å². The maximum atomic E-state index is 12.1. The second kappa shape index (κ2) is 20.5. The van der Waals surface area contributed by atoms with Crippen molar-refractivity contribution in [1.82, 2.24) is 21.3 Å². The van der Waals surface area contributed by atoms with Crippen LogP contribution in [0.3, 0.4) is 0 Å². The Bertz CT molecular complexity index is 2880.